The fourth-order valence-corrected chi connectivity index (χ4v) is 1.44. The summed E-state index contributed by atoms with van der Waals surface area (Å²) < 4.78 is 0. The maximum Gasteiger partial charge on any atom is 0.325 e. The van der Waals surface area contributed by atoms with Crippen LogP contribution in [0.25, 0.3) is 0 Å². The molecular formula is C12H14N2O. The van der Waals surface area contributed by atoms with Crippen LogP contribution in [0.5, 0.6) is 0 Å². The van der Waals surface area contributed by atoms with Gasteiger partial charge in [0, 0.05) is 13.6 Å². The van der Waals surface area contributed by atoms with E-state index in [4.69, 9.17) is 5.26 Å². The Morgan fingerprint density at radius 2 is 2.13 bits per heavy atom. The second-order valence-corrected chi connectivity index (χ2v) is 3.70. The molecule has 0 fully saturated rings. The molecule has 0 saturated heterocycles. The molecule has 0 radical (unpaired) electrons. The van der Waals surface area contributed by atoms with E-state index >= 15 is 0 Å². The van der Waals surface area contributed by atoms with Crippen molar-refractivity contribution < 1.29 is 4.79 Å². The number of hydrogen-bond donors (Lipinski definition) is 0. The fourth-order valence-electron chi connectivity index (χ4n) is 1.44. The van der Waals surface area contributed by atoms with E-state index < -0.39 is 5.91 Å². The molecule has 0 N–H and O–H groups in total. The van der Waals surface area contributed by atoms with Crippen molar-refractivity contribution in [3.63, 3.8) is 0 Å². The van der Waals surface area contributed by atoms with E-state index in [2.05, 4.69) is 6.07 Å². The van der Waals surface area contributed by atoms with Gasteiger partial charge in [-0.2, -0.15) is 5.26 Å². The van der Waals surface area contributed by atoms with Crippen LogP contribution in [0.2, 0.25) is 0 Å². The second-order valence-electron chi connectivity index (χ2n) is 3.70. The van der Waals surface area contributed by atoms with Crippen LogP contribution in [-0.4, -0.2) is 17.9 Å². The maximum atomic E-state index is 11.1. The summed E-state index contributed by atoms with van der Waals surface area (Å²) in [5.74, 6) is -0.505. The van der Waals surface area contributed by atoms with E-state index in [0.29, 0.717) is 6.54 Å². The van der Waals surface area contributed by atoms with Gasteiger partial charge in [-0.05, 0) is 25.0 Å². The zero-order valence-corrected chi connectivity index (χ0v) is 9.24. The number of nitrogens with zero attached hydrogens (tertiary/aromatic N) is 2. The van der Waals surface area contributed by atoms with Gasteiger partial charge >= 0.3 is 5.91 Å². The Labute approximate surface area is 89.9 Å². The Bertz CT molecular complexity index is 418. The molecular weight excluding hydrogens is 188 g/mol. The van der Waals surface area contributed by atoms with E-state index in [9.17, 15) is 4.79 Å². The van der Waals surface area contributed by atoms with Crippen molar-refractivity contribution in [2.75, 3.05) is 7.05 Å². The van der Waals surface area contributed by atoms with Crippen LogP contribution in [0.4, 0.5) is 0 Å². The van der Waals surface area contributed by atoms with Gasteiger partial charge < -0.3 is 4.90 Å². The van der Waals surface area contributed by atoms with Gasteiger partial charge in [-0.25, -0.2) is 0 Å². The molecule has 1 rings (SSSR count). The standard InChI is InChI=1S/C12H14N2O/c1-9-4-5-11(10(2)6-9)8-14(3)12(15)7-13/h4-6H,8H2,1-3H3. The number of rotatable bonds is 2. The Kier molecular flexibility index (Phi) is 3.46. The maximum absolute atomic E-state index is 11.1. The van der Waals surface area contributed by atoms with Crippen LogP contribution in [0.3, 0.4) is 0 Å². The van der Waals surface area contributed by atoms with E-state index in [1.165, 1.54) is 10.5 Å². The number of carbonyl (C=O) groups is 1. The van der Waals surface area contributed by atoms with E-state index in [1.807, 2.05) is 26.0 Å². The van der Waals surface area contributed by atoms with Crippen LogP contribution in [0.1, 0.15) is 16.7 Å². The minimum absolute atomic E-state index is 0.485. The van der Waals surface area contributed by atoms with Crippen LogP contribution >= 0.6 is 0 Å². The third-order valence-corrected chi connectivity index (χ3v) is 2.35. The van der Waals surface area contributed by atoms with Crippen LogP contribution < -0.4 is 0 Å². The van der Waals surface area contributed by atoms with E-state index in [0.717, 1.165) is 11.1 Å². The molecule has 3 heteroatoms. The Morgan fingerprint density at radius 3 is 2.67 bits per heavy atom. The first kappa shape index (κ1) is 11.3. The van der Waals surface area contributed by atoms with Crippen molar-refractivity contribution >= 4 is 5.91 Å². The van der Waals surface area contributed by atoms with Crippen molar-refractivity contribution in [2.24, 2.45) is 0 Å². The zero-order chi connectivity index (χ0) is 11.4. The summed E-state index contributed by atoms with van der Waals surface area (Å²) in [4.78, 5) is 12.5. The molecule has 0 spiro atoms. The van der Waals surface area contributed by atoms with Crippen molar-refractivity contribution in [3.8, 4) is 6.07 Å². The molecule has 0 aliphatic rings. The molecule has 78 valence electrons. The molecule has 0 unspecified atom stereocenters. The summed E-state index contributed by atoms with van der Waals surface area (Å²) in [5, 5.41) is 8.46. The van der Waals surface area contributed by atoms with Gasteiger partial charge in [0.1, 0.15) is 0 Å². The molecule has 3 nitrogen and oxygen atoms in total. The van der Waals surface area contributed by atoms with Crippen LogP contribution in [0, 0.1) is 25.2 Å². The number of benzene rings is 1. The monoisotopic (exact) mass is 202 g/mol. The van der Waals surface area contributed by atoms with Gasteiger partial charge in [0.2, 0.25) is 0 Å². The first-order chi connectivity index (χ1) is 7.04. The van der Waals surface area contributed by atoms with Gasteiger partial charge in [0.15, 0.2) is 6.07 Å². The summed E-state index contributed by atoms with van der Waals surface area (Å²) in [5.41, 5.74) is 3.42. The predicted octanol–water partition coefficient (Wildman–Crippen LogP) is 1.79. The van der Waals surface area contributed by atoms with E-state index in [-0.39, 0.29) is 0 Å². The lowest BCUT2D eigenvalue weighted by atomic mass is 10.1. The van der Waals surface area contributed by atoms with Gasteiger partial charge in [-0.15, -0.1) is 0 Å². The van der Waals surface area contributed by atoms with Gasteiger partial charge in [0.25, 0.3) is 0 Å². The lowest BCUT2D eigenvalue weighted by Crippen LogP contribution is -2.24. The predicted molar refractivity (Wildman–Crippen MR) is 58.0 cm³/mol. The summed E-state index contributed by atoms with van der Waals surface area (Å²) >= 11 is 0. The number of amides is 1. The summed E-state index contributed by atoms with van der Waals surface area (Å²) in [7, 11) is 1.63. The molecule has 0 saturated carbocycles. The third-order valence-electron chi connectivity index (χ3n) is 2.35. The lowest BCUT2D eigenvalue weighted by Gasteiger charge is -2.15. The highest BCUT2D eigenvalue weighted by Crippen LogP contribution is 2.12. The third kappa shape index (κ3) is 2.81. The average molecular weight is 202 g/mol. The molecule has 0 aliphatic heterocycles. The van der Waals surface area contributed by atoms with Gasteiger partial charge in [-0.1, -0.05) is 23.8 Å². The molecule has 0 aromatic heterocycles. The molecule has 0 bridgehead atoms. The SMILES string of the molecule is Cc1ccc(CN(C)C(=O)C#N)c(C)c1. The number of carbonyl (C=O) groups excluding carboxylic acids is 1. The van der Waals surface area contributed by atoms with Crippen LogP contribution in [-0.2, 0) is 11.3 Å². The number of aryl methyl sites for hydroxylation is 2. The highest BCUT2D eigenvalue weighted by molar-refractivity contribution is 5.90. The molecule has 15 heavy (non-hydrogen) atoms. The first-order valence-electron chi connectivity index (χ1n) is 4.76. The van der Waals surface area contributed by atoms with Crippen molar-refractivity contribution in [3.05, 3.63) is 34.9 Å². The first-order valence-corrected chi connectivity index (χ1v) is 4.76. The number of hydrogen-bond acceptors (Lipinski definition) is 2. The largest absolute Gasteiger partial charge is 0.329 e. The van der Waals surface area contributed by atoms with Gasteiger partial charge in [-0.3, -0.25) is 4.79 Å². The summed E-state index contributed by atoms with van der Waals surface area (Å²) in [6.07, 6.45) is 0. The topological polar surface area (TPSA) is 44.1 Å². The average Bonchev–Trinajstić information content (AvgIpc) is 2.20. The molecule has 1 aromatic rings. The molecule has 0 heterocycles. The highest BCUT2D eigenvalue weighted by Gasteiger charge is 2.08. The highest BCUT2D eigenvalue weighted by atomic mass is 16.2. The lowest BCUT2D eigenvalue weighted by molar-refractivity contribution is -0.124. The minimum Gasteiger partial charge on any atom is -0.329 e. The van der Waals surface area contributed by atoms with Crippen molar-refractivity contribution in [1.82, 2.24) is 4.90 Å². The summed E-state index contributed by atoms with van der Waals surface area (Å²) in [6, 6.07) is 7.67. The molecule has 0 aliphatic carbocycles. The smallest absolute Gasteiger partial charge is 0.325 e. The quantitative estimate of drug-likeness (QED) is 0.686. The van der Waals surface area contributed by atoms with Crippen molar-refractivity contribution in [1.29, 1.82) is 5.26 Å². The summed E-state index contributed by atoms with van der Waals surface area (Å²) in [6.45, 7) is 4.52. The van der Waals surface area contributed by atoms with Crippen LogP contribution in [0.15, 0.2) is 18.2 Å². The second kappa shape index (κ2) is 4.61. The fraction of sp³-hybridized carbons (Fsp3) is 0.333. The molecule has 1 amide bonds. The van der Waals surface area contributed by atoms with Crippen molar-refractivity contribution in [2.45, 2.75) is 20.4 Å². The zero-order valence-electron chi connectivity index (χ0n) is 9.24. The Hall–Kier alpha value is -1.82. The van der Waals surface area contributed by atoms with Gasteiger partial charge in [0.05, 0.1) is 0 Å². The minimum atomic E-state index is -0.505. The molecule has 1 aromatic carbocycles. The number of nitriles is 1. The normalized spacial score (nSPS) is 9.47. The molecule has 0 atom stereocenters. The Balaban J connectivity index is 2.82. The van der Waals surface area contributed by atoms with E-state index in [1.54, 1.807) is 13.1 Å². The Morgan fingerprint density at radius 1 is 1.47 bits per heavy atom.